The number of aryl methyl sites for hydroxylation is 1. The zero-order valence-corrected chi connectivity index (χ0v) is 23.7. The van der Waals surface area contributed by atoms with Crippen LogP contribution in [0.2, 0.25) is 0 Å². The molecule has 3 rings (SSSR count). The van der Waals surface area contributed by atoms with Gasteiger partial charge in [0.1, 0.15) is 17.2 Å². The summed E-state index contributed by atoms with van der Waals surface area (Å²) in [6, 6.07) is 17.6. The molecule has 0 saturated carbocycles. The molecule has 0 unspecified atom stereocenters. The fourth-order valence-corrected chi connectivity index (χ4v) is 3.77. The van der Waals surface area contributed by atoms with Crippen molar-refractivity contribution in [2.24, 2.45) is 5.10 Å². The number of hydrogen-bond acceptors (Lipinski definition) is 6. The molecule has 0 radical (unpaired) electrons. The lowest BCUT2D eigenvalue weighted by molar-refractivity contribution is -0.123. The van der Waals surface area contributed by atoms with Gasteiger partial charge in [-0.05, 0) is 96.6 Å². The van der Waals surface area contributed by atoms with Gasteiger partial charge in [0, 0.05) is 4.47 Å². The Morgan fingerprint density at radius 3 is 2.34 bits per heavy atom. The normalized spacial score (nSPS) is 11.0. The molecule has 200 valence electrons. The summed E-state index contributed by atoms with van der Waals surface area (Å²) in [7, 11) is 0. The third kappa shape index (κ3) is 8.73. The highest BCUT2D eigenvalue weighted by molar-refractivity contribution is 9.10. The van der Waals surface area contributed by atoms with Crippen molar-refractivity contribution in [3.63, 3.8) is 0 Å². The van der Waals surface area contributed by atoms with Gasteiger partial charge < -0.3 is 14.2 Å². The molecule has 0 saturated heterocycles. The Kier molecular flexibility index (Phi) is 10.9. The Hall–Kier alpha value is -3.65. The number of carbonyl (C=O) groups is 2. The summed E-state index contributed by atoms with van der Waals surface area (Å²) in [5.41, 5.74) is 5.68. The van der Waals surface area contributed by atoms with Gasteiger partial charge in [-0.3, -0.25) is 4.79 Å². The average molecular weight is 582 g/mol. The number of benzene rings is 3. The fraction of sp³-hybridized carbons (Fsp3) is 0.300. The Balaban J connectivity index is 1.47. The van der Waals surface area contributed by atoms with E-state index in [4.69, 9.17) is 14.2 Å². The molecule has 7 nitrogen and oxygen atoms in total. The lowest BCUT2D eigenvalue weighted by Crippen LogP contribution is -2.25. The summed E-state index contributed by atoms with van der Waals surface area (Å²) in [4.78, 5) is 24.6. The molecule has 3 aromatic carbocycles. The quantitative estimate of drug-likeness (QED) is 0.0836. The molecule has 0 aromatic heterocycles. The van der Waals surface area contributed by atoms with E-state index < -0.39 is 5.97 Å². The van der Waals surface area contributed by atoms with E-state index in [9.17, 15) is 9.59 Å². The van der Waals surface area contributed by atoms with Gasteiger partial charge in [-0.25, -0.2) is 10.2 Å². The minimum atomic E-state index is -0.458. The molecule has 0 fully saturated rings. The van der Waals surface area contributed by atoms with Crippen LogP contribution in [0.5, 0.6) is 17.2 Å². The summed E-state index contributed by atoms with van der Waals surface area (Å²) in [6.07, 6.45) is 3.55. The molecule has 1 N–H and O–H groups in total. The zero-order chi connectivity index (χ0) is 27.5. The molecular weight excluding hydrogens is 548 g/mol. The maximum Gasteiger partial charge on any atom is 0.343 e. The van der Waals surface area contributed by atoms with Crippen molar-refractivity contribution in [1.29, 1.82) is 0 Å². The maximum absolute atomic E-state index is 12.4. The smallest absolute Gasteiger partial charge is 0.343 e. The number of nitrogens with one attached hydrogen (secondary N) is 1. The lowest BCUT2D eigenvalue weighted by Gasteiger charge is -2.15. The summed E-state index contributed by atoms with van der Waals surface area (Å²) in [5, 5.41) is 3.98. The minimum absolute atomic E-state index is 0.154. The standard InChI is InChI=1S/C30H33BrN2O5/c1-5-6-15-36-24-13-9-23(10-14-24)30(35)38-25-11-7-22(8-12-25)18-32-33-29(34)19-37-28-16-21(4)27(31)17-26(28)20(2)3/h7-14,16-18,20H,5-6,15,19H2,1-4H3,(H,33,34)/b32-18-. The summed E-state index contributed by atoms with van der Waals surface area (Å²) in [5.74, 6) is 1.23. The summed E-state index contributed by atoms with van der Waals surface area (Å²) < 4.78 is 17.8. The minimum Gasteiger partial charge on any atom is -0.494 e. The number of unbranched alkanes of at least 4 members (excludes halogenated alkanes) is 1. The first-order chi connectivity index (χ1) is 18.3. The molecule has 3 aromatic rings. The van der Waals surface area contributed by atoms with E-state index in [2.05, 4.69) is 47.2 Å². The number of esters is 1. The van der Waals surface area contributed by atoms with Crippen LogP contribution in [0.3, 0.4) is 0 Å². The lowest BCUT2D eigenvalue weighted by atomic mass is 10.0. The number of halogens is 1. The van der Waals surface area contributed by atoms with Crippen LogP contribution in [0.25, 0.3) is 0 Å². The zero-order valence-electron chi connectivity index (χ0n) is 22.1. The molecule has 0 bridgehead atoms. The fourth-order valence-electron chi connectivity index (χ4n) is 3.41. The van der Waals surface area contributed by atoms with Crippen LogP contribution in [0, 0.1) is 6.92 Å². The van der Waals surface area contributed by atoms with Crippen molar-refractivity contribution >= 4 is 34.0 Å². The number of nitrogens with zero attached hydrogens (tertiary/aromatic N) is 1. The maximum atomic E-state index is 12.4. The summed E-state index contributed by atoms with van der Waals surface area (Å²) in [6.45, 7) is 8.72. The van der Waals surface area contributed by atoms with Crippen LogP contribution in [0.15, 0.2) is 70.2 Å². The Bertz CT molecular complexity index is 1250. The van der Waals surface area contributed by atoms with Crippen LogP contribution in [-0.4, -0.2) is 31.3 Å². The van der Waals surface area contributed by atoms with E-state index in [0.717, 1.165) is 39.8 Å². The number of rotatable bonds is 12. The number of carbonyl (C=O) groups excluding carboxylic acids is 2. The Labute approximate surface area is 232 Å². The number of ether oxygens (including phenoxy) is 3. The van der Waals surface area contributed by atoms with Crippen LogP contribution in [0.1, 0.15) is 66.6 Å². The molecule has 38 heavy (non-hydrogen) atoms. The SMILES string of the molecule is CCCCOc1ccc(C(=O)Oc2ccc(/C=N\NC(=O)COc3cc(C)c(Br)cc3C(C)C)cc2)cc1. The van der Waals surface area contributed by atoms with Crippen LogP contribution in [0.4, 0.5) is 0 Å². The molecule has 0 aliphatic rings. The Morgan fingerprint density at radius 1 is 1.00 bits per heavy atom. The molecule has 0 aliphatic heterocycles. The number of hydrogen-bond donors (Lipinski definition) is 1. The largest absolute Gasteiger partial charge is 0.494 e. The third-order valence-corrected chi connectivity index (χ3v) is 6.48. The predicted octanol–water partition coefficient (Wildman–Crippen LogP) is 6.81. The Morgan fingerprint density at radius 2 is 1.68 bits per heavy atom. The van der Waals surface area contributed by atoms with Gasteiger partial charge in [-0.2, -0.15) is 5.10 Å². The van der Waals surface area contributed by atoms with E-state index in [0.29, 0.717) is 23.7 Å². The monoisotopic (exact) mass is 580 g/mol. The molecule has 0 atom stereocenters. The first kappa shape index (κ1) is 28.9. The van der Waals surface area contributed by atoms with Gasteiger partial charge in [-0.15, -0.1) is 0 Å². The molecule has 8 heteroatoms. The van der Waals surface area contributed by atoms with E-state index in [1.54, 1.807) is 48.5 Å². The second kappa shape index (κ2) is 14.3. The highest BCUT2D eigenvalue weighted by Crippen LogP contribution is 2.32. The predicted molar refractivity (Wildman–Crippen MR) is 152 cm³/mol. The van der Waals surface area contributed by atoms with Crippen molar-refractivity contribution in [1.82, 2.24) is 5.43 Å². The second-order valence-electron chi connectivity index (χ2n) is 9.06. The van der Waals surface area contributed by atoms with E-state index in [1.807, 2.05) is 19.1 Å². The molecular formula is C30H33BrN2O5. The van der Waals surface area contributed by atoms with Crippen molar-refractivity contribution in [2.45, 2.75) is 46.5 Å². The van der Waals surface area contributed by atoms with Crippen molar-refractivity contribution in [3.05, 3.63) is 87.4 Å². The topological polar surface area (TPSA) is 86.2 Å². The number of hydrazone groups is 1. The molecule has 0 spiro atoms. The van der Waals surface area contributed by atoms with Gasteiger partial charge in [0.25, 0.3) is 5.91 Å². The van der Waals surface area contributed by atoms with Crippen LogP contribution < -0.4 is 19.6 Å². The highest BCUT2D eigenvalue weighted by atomic mass is 79.9. The van der Waals surface area contributed by atoms with Gasteiger partial charge in [0.15, 0.2) is 6.61 Å². The van der Waals surface area contributed by atoms with Crippen molar-refractivity contribution in [3.8, 4) is 17.2 Å². The molecule has 1 amide bonds. The first-order valence-electron chi connectivity index (χ1n) is 12.6. The van der Waals surface area contributed by atoms with Gasteiger partial charge in [-0.1, -0.05) is 43.1 Å². The molecule has 0 aliphatic carbocycles. The van der Waals surface area contributed by atoms with E-state index in [1.165, 1.54) is 6.21 Å². The van der Waals surface area contributed by atoms with Crippen LogP contribution in [-0.2, 0) is 4.79 Å². The van der Waals surface area contributed by atoms with E-state index in [-0.39, 0.29) is 18.4 Å². The number of amides is 1. The third-order valence-electron chi connectivity index (χ3n) is 5.62. The average Bonchev–Trinajstić information content (AvgIpc) is 2.90. The van der Waals surface area contributed by atoms with Gasteiger partial charge in [0.05, 0.1) is 18.4 Å². The van der Waals surface area contributed by atoms with Crippen molar-refractivity contribution < 1.29 is 23.8 Å². The second-order valence-corrected chi connectivity index (χ2v) is 9.92. The van der Waals surface area contributed by atoms with Crippen molar-refractivity contribution in [2.75, 3.05) is 13.2 Å². The summed E-state index contributed by atoms with van der Waals surface area (Å²) >= 11 is 3.54. The van der Waals surface area contributed by atoms with Gasteiger partial charge in [0.2, 0.25) is 0 Å². The first-order valence-corrected chi connectivity index (χ1v) is 13.4. The van der Waals surface area contributed by atoms with Gasteiger partial charge >= 0.3 is 5.97 Å². The van der Waals surface area contributed by atoms with E-state index >= 15 is 0 Å². The van der Waals surface area contributed by atoms with Crippen LogP contribution >= 0.6 is 15.9 Å². The molecule has 0 heterocycles. The highest BCUT2D eigenvalue weighted by Gasteiger charge is 2.13.